The van der Waals surface area contributed by atoms with Crippen molar-refractivity contribution in [1.29, 1.82) is 0 Å². The largest absolute Gasteiger partial charge is 0.206 e. The van der Waals surface area contributed by atoms with E-state index >= 15 is 0 Å². The molecule has 1 aromatic rings. The van der Waals surface area contributed by atoms with Gasteiger partial charge < -0.3 is 0 Å². The molecule has 17 heavy (non-hydrogen) atoms. The van der Waals surface area contributed by atoms with Crippen LogP contribution in [0.15, 0.2) is 12.1 Å². The number of aryl methyl sites for hydroxylation is 2. The molecule has 1 aromatic carbocycles. The van der Waals surface area contributed by atoms with Crippen LogP contribution in [0.2, 0.25) is 0 Å². The van der Waals surface area contributed by atoms with E-state index in [0.29, 0.717) is 4.83 Å². The van der Waals surface area contributed by atoms with Gasteiger partial charge in [-0.1, -0.05) is 34.5 Å². The molecule has 2 aliphatic carbocycles. The Morgan fingerprint density at radius 2 is 1.71 bits per heavy atom. The van der Waals surface area contributed by atoms with E-state index in [2.05, 4.69) is 15.9 Å². The number of rotatable bonds is 2. The smallest absolute Gasteiger partial charge is 0.129 e. The van der Waals surface area contributed by atoms with Gasteiger partial charge in [-0.25, -0.2) is 4.39 Å². The summed E-state index contributed by atoms with van der Waals surface area (Å²) in [4.78, 5) is 0.427. The lowest BCUT2D eigenvalue weighted by molar-refractivity contribution is 0.578. The number of alkyl halides is 1. The highest BCUT2D eigenvalue weighted by molar-refractivity contribution is 9.09. The molecule has 2 aliphatic rings. The van der Waals surface area contributed by atoms with Gasteiger partial charge in [0.25, 0.3) is 0 Å². The molecular formula is C15H18BrF. The molecular weight excluding hydrogens is 279 g/mol. The van der Waals surface area contributed by atoms with Crippen molar-refractivity contribution in [3.05, 3.63) is 34.6 Å². The third-order valence-electron chi connectivity index (χ3n) is 4.59. The zero-order valence-corrected chi connectivity index (χ0v) is 11.9. The predicted octanol–water partition coefficient (Wildman–Crippen LogP) is 4.92. The van der Waals surface area contributed by atoms with Crippen LogP contribution in [-0.2, 0) is 0 Å². The van der Waals surface area contributed by atoms with Crippen LogP contribution in [0.4, 0.5) is 4.39 Å². The average Bonchev–Trinajstić information content (AvgIpc) is 2.77. The Balaban J connectivity index is 1.85. The summed E-state index contributed by atoms with van der Waals surface area (Å²) >= 11 is 3.84. The summed E-state index contributed by atoms with van der Waals surface area (Å²) in [6.07, 6.45) is 4.21. The van der Waals surface area contributed by atoms with Gasteiger partial charge in [0.1, 0.15) is 5.82 Å². The van der Waals surface area contributed by atoms with E-state index in [-0.39, 0.29) is 5.82 Å². The van der Waals surface area contributed by atoms with E-state index in [9.17, 15) is 4.39 Å². The maximum Gasteiger partial charge on any atom is 0.129 e. The molecule has 0 spiro atoms. The molecule has 3 rings (SSSR count). The third-order valence-corrected chi connectivity index (χ3v) is 5.73. The summed E-state index contributed by atoms with van der Waals surface area (Å²) in [6.45, 7) is 3.72. The molecule has 0 heterocycles. The van der Waals surface area contributed by atoms with E-state index in [4.69, 9.17) is 0 Å². The van der Waals surface area contributed by atoms with Gasteiger partial charge in [-0.2, -0.15) is 0 Å². The quantitative estimate of drug-likeness (QED) is 0.679. The molecule has 0 radical (unpaired) electrons. The lowest BCUT2D eigenvalue weighted by Gasteiger charge is -2.14. The standard InChI is InChI=1S/C15H18BrF/c1-8-6-10(7-9(2)15(8)17)14(16)13-11-4-3-5-12(11)13/h6-7,11-14H,3-5H2,1-2H3. The molecule has 0 amide bonds. The summed E-state index contributed by atoms with van der Waals surface area (Å²) in [5.74, 6) is 2.62. The van der Waals surface area contributed by atoms with Crippen LogP contribution in [0.1, 0.15) is 40.8 Å². The summed E-state index contributed by atoms with van der Waals surface area (Å²) in [5, 5.41) is 0. The van der Waals surface area contributed by atoms with E-state index in [1.807, 2.05) is 26.0 Å². The van der Waals surface area contributed by atoms with Gasteiger partial charge in [0.15, 0.2) is 0 Å². The monoisotopic (exact) mass is 296 g/mol. The number of benzene rings is 1. The molecule has 2 saturated carbocycles. The highest BCUT2D eigenvalue weighted by Gasteiger charge is 2.55. The van der Waals surface area contributed by atoms with Crippen molar-refractivity contribution in [3.63, 3.8) is 0 Å². The Morgan fingerprint density at radius 1 is 1.18 bits per heavy atom. The minimum Gasteiger partial charge on any atom is -0.206 e. The summed E-state index contributed by atoms with van der Waals surface area (Å²) in [7, 11) is 0. The first-order valence-electron chi connectivity index (χ1n) is 6.50. The van der Waals surface area contributed by atoms with Crippen molar-refractivity contribution in [1.82, 2.24) is 0 Å². The molecule has 0 bridgehead atoms. The van der Waals surface area contributed by atoms with Crippen molar-refractivity contribution < 1.29 is 4.39 Å². The molecule has 0 aromatic heterocycles. The highest BCUT2D eigenvalue weighted by atomic mass is 79.9. The van der Waals surface area contributed by atoms with Crippen molar-refractivity contribution in [2.24, 2.45) is 17.8 Å². The Morgan fingerprint density at radius 3 is 2.24 bits per heavy atom. The van der Waals surface area contributed by atoms with Gasteiger partial charge in [-0.05, 0) is 61.1 Å². The number of hydrogen-bond acceptors (Lipinski definition) is 0. The van der Waals surface area contributed by atoms with Gasteiger partial charge in [-0.3, -0.25) is 0 Å². The second-order valence-corrected chi connectivity index (χ2v) is 6.69. The number of halogens is 2. The van der Waals surface area contributed by atoms with Gasteiger partial charge in [0, 0.05) is 4.83 Å². The van der Waals surface area contributed by atoms with Crippen LogP contribution in [0.5, 0.6) is 0 Å². The Hall–Kier alpha value is -0.370. The molecule has 2 fully saturated rings. The van der Waals surface area contributed by atoms with Crippen molar-refractivity contribution >= 4 is 15.9 Å². The number of hydrogen-bond donors (Lipinski definition) is 0. The minimum atomic E-state index is -0.0514. The van der Waals surface area contributed by atoms with Crippen molar-refractivity contribution in [2.45, 2.75) is 37.9 Å². The molecule has 0 nitrogen and oxygen atoms in total. The molecule has 92 valence electrons. The second-order valence-electron chi connectivity index (χ2n) is 5.71. The van der Waals surface area contributed by atoms with E-state index in [1.165, 1.54) is 24.8 Å². The second kappa shape index (κ2) is 4.08. The normalized spacial score (nSPS) is 32.4. The molecule has 0 N–H and O–H groups in total. The van der Waals surface area contributed by atoms with Crippen LogP contribution in [-0.4, -0.2) is 0 Å². The van der Waals surface area contributed by atoms with Crippen molar-refractivity contribution in [3.8, 4) is 0 Å². The molecule has 3 atom stereocenters. The fourth-order valence-electron chi connectivity index (χ4n) is 3.67. The summed E-state index contributed by atoms with van der Waals surface area (Å²) < 4.78 is 13.6. The molecule has 0 saturated heterocycles. The zero-order chi connectivity index (χ0) is 12.2. The highest BCUT2D eigenvalue weighted by Crippen LogP contribution is 2.64. The first-order chi connectivity index (χ1) is 8.09. The fourth-order valence-corrected chi connectivity index (χ4v) is 4.72. The predicted molar refractivity (Wildman–Crippen MR) is 71.9 cm³/mol. The van der Waals surface area contributed by atoms with Gasteiger partial charge >= 0.3 is 0 Å². The maximum absolute atomic E-state index is 13.6. The zero-order valence-electron chi connectivity index (χ0n) is 10.3. The first kappa shape index (κ1) is 11.7. The van der Waals surface area contributed by atoms with Crippen LogP contribution in [0.3, 0.4) is 0 Å². The summed E-state index contributed by atoms with van der Waals surface area (Å²) in [6, 6.07) is 4.02. The van der Waals surface area contributed by atoms with Gasteiger partial charge in [0.2, 0.25) is 0 Å². The SMILES string of the molecule is Cc1cc(C(Br)C2C3CCCC32)cc(C)c1F. The lowest BCUT2D eigenvalue weighted by atomic mass is 9.99. The van der Waals surface area contributed by atoms with E-state index < -0.39 is 0 Å². The first-order valence-corrected chi connectivity index (χ1v) is 7.42. The fraction of sp³-hybridized carbons (Fsp3) is 0.600. The molecule has 2 heteroatoms. The summed E-state index contributed by atoms with van der Waals surface area (Å²) in [5.41, 5.74) is 2.81. The minimum absolute atomic E-state index is 0.0514. The number of fused-ring (bicyclic) bond motifs is 1. The average molecular weight is 297 g/mol. The van der Waals surface area contributed by atoms with E-state index in [1.54, 1.807) is 0 Å². The Bertz CT molecular complexity index is 421. The van der Waals surface area contributed by atoms with Crippen molar-refractivity contribution in [2.75, 3.05) is 0 Å². The van der Waals surface area contributed by atoms with Crippen LogP contribution >= 0.6 is 15.9 Å². The van der Waals surface area contributed by atoms with Gasteiger partial charge in [-0.15, -0.1) is 0 Å². The third kappa shape index (κ3) is 1.85. The molecule has 3 unspecified atom stereocenters. The van der Waals surface area contributed by atoms with Gasteiger partial charge in [0.05, 0.1) is 0 Å². The van der Waals surface area contributed by atoms with E-state index in [0.717, 1.165) is 28.9 Å². The maximum atomic E-state index is 13.6. The lowest BCUT2D eigenvalue weighted by Crippen LogP contribution is -2.01. The molecule has 0 aliphatic heterocycles. The van der Waals surface area contributed by atoms with Crippen LogP contribution in [0, 0.1) is 37.4 Å². The Kier molecular flexibility index (Phi) is 2.81. The Labute approximate surface area is 111 Å². The van der Waals surface area contributed by atoms with Crippen LogP contribution < -0.4 is 0 Å². The topological polar surface area (TPSA) is 0 Å². The van der Waals surface area contributed by atoms with Crippen LogP contribution in [0.25, 0.3) is 0 Å².